The largest absolute Gasteiger partial charge is 0.387 e. The van der Waals surface area contributed by atoms with E-state index >= 15 is 0 Å². The van der Waals surface area contributed by atoms with E-state index in [0.29, 0.717) is 0 Å². The molecule has 12 N–H and O–H groups in total. The van der Waals surface area contributed by atoms with E-state index in [1.54, 1.807) is 13.8 Å². The fourth-order valence-electron chi connectivity index (χ4n) is 1.72. The molecule has 0 saturated heterocycles. The van der Waals surface area contributed by atoms with Crippen LogP contribution in [0.4, 0.5) is 0 Å². The summed E-state index contributed by atoms with van der Waals surface area (Å²) >= 11 is 0. The van der Waals surface area contributed by atoms with Crippen LogP contribution in [-0.4, -0.2) is 35.4 Å². The van der Waals surface area contributed by atoms with Crippen LogP contribution in [0.2, 0.25) is 0 Å². The maximum absolute atomic E-state index is 7.37. The lowest BCUT2D eigenvalue weighted by molar-refractivity contribution is 0.569. The number of nitrogens with two attached hydrogens (primary N) is 4. The van der Waals surface area contributed by atoms with Gasteiger partial charge in [0.15, 0.2) is 0 Å². The van der Waals surface area contributed by atoms with Gasteiger partial charge in [0.25, 0.3) is 0 Å². The second-order valence-electron chi connectivity index (χ2n) is 4.49. The smallest absolute Gasteiger partial charge is 0.104 e. The lowest BCUT2D eigenvalue weighted by Gasteiger charge is -2.20. The Labute approximate surface area is 117 Å². The van der Waals surface area contributed by atoms with E-state index in [4.69, 9.17) is 44.6 Å². The van der Waals surface area contributed by atoms with Gasteiger partial charge in [0, 0.05) is 0 Å². The summed E-state index contributed by atoms with van der Waals surface area (Å²) < 4.78 is 0. The Balaban J connectivity index is 5.01. The topological polar surface area (TPSA) is 224 Å². The van der Waals surface area contributed by atoms with Crippen LogP contribution < -0.4 is 22.9 Å². The molecule has 0 amide bonds. The van der Waals surface area contributed by atoms with Crippen molar-refractivity contribution in [2.24, 2.45) is 45.0 Å². The van der Waals surface area contributed by atoms with E-state index in [0.717, 1.165) is 0 Å². The van der Waals surface area contributed by atoms with Gasteiger partial charge in [-0.05, 0) is 13.8 Å². The number of hydrogen-bond acceptors (Lipinski definition) is 6. The Morgan fingerprint density at radius 3 is 1.00 bits per heavy atom. The zero-order valence-electron chi connectivity index (χ0n) is 11.5. The molecule has 2 atom stereocenters. The van der Waals surface area contributed by atoms with Gasteiger partial charge in [-0.25, -0.2) is 0 Å². The molecule has 20 heavy (non-hydrogen) atoms. The Kier molecular flexibility index (Phi) is 6.26. The minimum Gasteiger partial charge on any atom is -0.387 e. The van der Waals surface area contributed by atoms with Crippen molar-refractivity contribution in [3.63, 3.8) is 0 Å². The molecule has 0 aliphatic carbocycles. The van der Waals surface area contributed by atoms with Crippen LogP contribution in [0.25, 0.3) is 0 Å². The second kappa shape index (κ2) is 7.16. The van der Waals surface area contributed by atoms with E-state index in [1.807, 2.05) is 0 Å². The van der Waals surface area contributed by atoms with Crippen LogP contribution in [0.15, 0.2) is 10.2 Å². The molecule has 0 fully saturated rings. The fraction of sp³-hybridized carbons (Fsp3) is 0.600. The number of nitrogens with zero attached hydrogens (tertiary/aromatic N) is 2. The Bertz CT molecular complexity index is 371. The number of amidine groups is 4. The quantitative estimate of drug-likeness (QED) is 0.162. The third kappa shape index (κ3) is 4.63. The molecule has 0 bridgehead atoms. The Hall–Kier alpha value is -2.52. The van der Waals surface area contributed by atoms with Crippen molar-refractivity contribution in [1.82, 2.24) is 0 Å². The highest BCUT2D eigenvalue weighted by atomic mass is 15.2. The predicted molar refractivity (Wildman–Crippen MR) is 78.4 cm³/mol. The zero-order chi connectivity index (χ0) is 16.0. The summed E-state index contributed by atoms with van der Waals surface area (Å²) in [6.45, 7) is 3.22. The molecule has 2 unspecified atom stereocenters. The van der Waals surface area contributed by atoms with Crippen LogP contribution in [0.3, 0.4) is 0 Å². The van der Waals surface area contributed by atoms with Crippen molar-refractivity contribution in [2.45, 2.75) is 25.9 Å². The van der Waals surface area contributed by atoms with E-state index in [-0.39, 0.29) is 23.3 Å². The average molecular weight is 282 g/mol. The van der Waals surface area contributed by atoms with Crippen molar-refractivity contribution >= 4 is 23.3 Å². The van der Waals surface area contributed by atoms with Crippen molar-refractivity contribution in [3.8, 4) is 0 Å². The minimum absolute atomic E-state index is 0.272. The SMILES string of the molecule is CC(N=NC(C)C(C(=N)N)C(=N)N)C(C(=N)N)C(=N)N. The van der Waals surface area contributed by atoms with Gasteiger partial charge >= 0.3 is 0 Å². The molecule has 0 aliphatic rings. The monoisotopic (exact) mass is 282 g/mol. The van der Waals surface area contributed by atoms with E-state index in [9.17, 15) is 0 Å². The van der Waals surface area contributed by atoms with Gasteiger partial charge in [-0.1, -0.05) is 0 Å². The highest BCUT2D eigenvalue weighted by Crippen LogP contribution is 2.12. The lowest BCUT2D eigenvalue weighted by Crippen LogP contribution is -2.41. The van der Waals surface area contributed by atoms with Gasteiger partial charge in [0.05, 0.1) is 23.9 Å². The number of hydrogen-bond donors (Lipinski definition) is 8. The summed E-state index contributed by atoms with van der Waals surface area (Å²) in [4.78, 5) is 0. The molecule has 0 aromatic heterocycles. The van der Waals surface area contributed by atoms with Crippen LogP contribution in [0.1, 0.15) is 13.8 Å². The van der Waals surface area contributed by atoms with E-state index in [1.165, 1.54) is 0 Å². The molecule has 0 heterocycles. The second-order valence-corrected chi connectivity index (χ2v) is 4.49. The predicted octanol–water partition coefficient (Wildman–Crippen LogP) is -0.808. The van der Waals surface area contributed by atoms with Gasteiger partial charge in [-0.2, -0.15) is 10.2 Å². The van der Waals surface area contributed by atoms with Gasteiger partial charge in [-0.3, -0.25) is 21.6 Å². The van der Waals surface area contributed by atoms with Gasteiger partial charge in [0.2, 0.25) is 0 Å². The first-order valence-electron chi connectivity index (χ1n) is 5.85. The maximum Gasteiger partial charge on any atom is 0.104 e. The van der Waals surface area contributed by atoms with Crippen molar-refractivity contribution in [2.75, 3.05) is 0 Å². The van der Waals surface area contributed by atoms with Crippen LogP contribution >= 0.6 is 0 Å². The van der Waals surface area contributed by atoms with Crippen molar-refractivity contribution in [3.05, 3.63) is 0 Å². The van der Waals surface area contributed by atoms with Gasteiger partial charge in [-0.15, -0.1) is 0 Å². The number of nitrogens with one attached hydrogen (secondary N) is 4. The summed E-state index contributed by atoms with van der Waals surface area (Å²) in [5, 5.41) is 37.3. The summed E-state index contributed by atoms with van der Waals surface area (Å²) in [5.74, 6) is -2.76. The van der Waals surface area contributed by atoms with Crippen molar-refractivity contribution < 1.29 is 0 Å². The van der Waals surface area contributed by atoms with Crippen LogP contribution in [0.5, 0.6) is 0 Å². The first-order chi connectivity index (χ1) is 9.09. The first kappa shape index (κ1) is 17.5. The minimum atomic E-state index is -0.834. The highest BCUT2D eigenvalue weighted by Gasteiger charge is 2.26. The summed E-state index contributed by atoms with van der Waals surface area (Å²) in [5.41, 5.74) is 21.4. The maximum atomic E-state index is 7.37. The summed E-state index contributed by atoms with van der Waals surface area (Å²) in [7, 11) is 0. The first-order valence-corrected chi connectivity index (χ1v) is 5.85. The van der Waals surface area contributed by atoms with Gasteiger partial charge < -0.3 is 22.9 Å². The van der Waals surface area contributed by atoms with E-state index < -0.39 is 23.9 Å². The average Bonchev–Trinajstić information content (AvgIpc) is 2.23. The molecule has 0 spiro atoms. The summed E-state index contributed by atoms with van der Waals surface area (Å²) in [6.07, 6.45) is 0. The van der Waals surface area contributed by atoms with E-state index in [2.05, 4.69) is 10.2 Å². The molecular formula is C10H22N10. The molecule has 112 valence electrons. The normalized spacial score (nSPS) is 17.1. The molecule has 0 aromatic carbocycles. The van der Waals surface area contributed by atoms with Gasteiger partial charge in [0.1, 0.15) is 23.3 Å². The Morgan fingerprint density at radius 1 is 0.650 bits per heavy atom. The third-order valence-corrected chi connectivity index (χ3v) is 2.74. The van der Waals surface area contributed by atoms with Crippen LogP contribution in [0, 0.1) is 33.5 Å². The summed E-state index contributed by atoms with van der Waals surface area (Å²) in [6, 6.07) is -1.21. The molecule has 10 heteroatoms. The fourth-order valence-corrected chi connectivity index (χ4v) is 1.72. The molecule has 0 aromatic rings. The molecule has 10 nitrogen and oxygen atoms in total. The Morgan fingerprint density at radius 2 is 0.850 bits per heavy atom. The number of azo groups is 1. The zero-order valence-corrected chi connectivity index (χ0v) is 11.5. The lowest BCUT2D eigenvalue weighted by atomic mass is 9.99. The number of rotatable bonds is 8. The molecule has 0 saturated carbocycles. The molecular weight excluding hydrogens is 260 g/mol. The molecule has 0 aliphatic heterocycles. The molecule has 0 rings (SSSR count). The molecule has 0 radical (unpaired) electrons. The third-order valence-electron chi connectivity index (χ3n) is 2.74. The standard InChI is InChI=1S/C10H22N10/c1-3(5(7(11)12)8(13)14)19-20-4(2)6(9(15)16)10(17)18/h3-6H,1-2H3,(H3,11,12)(H3,13,14)(H3,15,16)(H3,17,18). The van der Waals surface area contributed by atoms with Crippen molar-refractivity contribution in [1.29, 1.82) is 21.6 Å². The van der Waals surface area contributed by atoms with Crippen LogP contribution in [-0.2, 0) is 0 Å². The highest BCUT2D eigenvalue weighted by molar-refractivity contribution is 6.02.